The average molecular weight is 183 g/mol. The number of carbonyl (C=O) groups is 2. The molecule has 1 N–H and O–H groups in total. The molecule has 1 fully saturated rings. The van der Waals surface area contributed by atoms with E-state index >= 15 is 0 Å². The summed E-state index contributed by atoms with van der Waals surface area (Å²) in [7, 11) is 0. The lowest BCUT2D eigenvalue weighted by molar-refractivity contribution is -0.146. The van der Waals surface area contributed by atoms with E-state index in [1.54, 1.807) is 0 Å². The number of amides is 2. The van der Waals surface area contributed by atoms with Gasteiger partial charge in [0.1, 0.15) is 0 Å². The Bertz CT molecular complexity index is 252. The molecule has 0 aliphatic carbocycles. The Kier molecular flexibility index (Phi) is 2.22. The van der Waals surface area contributed by atoms with E-state index in [0.717, 1.165) is 0 Å². The van der Waals surface area contributed by atoms with E-state index in [1.807, 2.05) is 27.7 Å². The third-order valence-corrected chi connectivity index (χ3v) is 3.26. The molecule has 13 heavy (non-hydrogen) atoms. The molecule has 0 aromatic rings. The van der Waals surface area contributed by atoms with E-state index in [9.17, 15) is 9.59 Å². The first-order valence-corrected chi connectivity index (χ1v) is 4.62. The SMILES string of the molecule is CC(C)(C)C1(C)CCC(=O)NC1=O. The van der Waals surface area contributed by atoms with Gasteiger partial charge in [0.2, 0.25) is 11.8 Å². The van der Waals surface area contributed by atoms with Crippen LogP contribution in [0.4, 0.5) is 0 Å². The number of nitrogens with one attached hydrogen (secondary N) is 1. The predicted octanol–water partition coefficient (Wildman–Crippen LogP) is 1.48. The van der Waals surface area contributed by atoms with Crippen molar-refractivity contribution in [3.63, 3.8) is 0 Å². The van der Waals surface area contributed by atoms with Crippen molar-refractivity contribution in [3.8, 4) is 0 Å². The molecule has 3 nitrogen and oxygen atoms in total. The minimum Gasteiger partial charge on any atom is -0.296 e. The van der Waals surface area contributed by atoms with E-state index in [4.69, 9.17) is 0 Å². The van der Waals surface area contributed by atoms with Gasteiger partial charge >= 0.3 is 0 Å². The van der Waals surface area contributed by atoms with Gasteiger partial charge in [-0.2, -0.15) is 0 Å². The van der Waals surface area contributed by atoms with Gasteiger partial charge in [0.25, 0.3) is 0 Å². The van der Waals surface area contributed by atoms with Gasteiger partial charge in [-0.05, 0) is 11.8 Å². The van der Waals surface area contributed by atoms with Gasteiger partial charge in [0.15, 0.2) is 0 Å². The summed E-state index contributed by atoms with van der Waals surface area (Å²) in [6.07, 6.45) is 1.11. The molecule has 74 valence electrons. The Morgan fingerprint density at radius 1 is 1.31 bits per heavy atom. The fourth-order valence-corrected chi connectivity index (χ4v) is 1.52. The van der Waals surface area contributed by atoms with Crippen molar-refractivity contribution < 1.29 is 9.59 Å². The Hall–Kier alpha value is -0.860. The van der Waals surface area contributed by atoms with E-state index < -0.39 is 5.41 Å². The number of rotatable bonds is 0. The average Bonchev–Trinajstić information content (AvgIpc) is 1.95. The fraction of sp³-hybridized carbons (Fsp3) is 0.800. The molecule has 1 rings (SSSR count). The standard InChI is InChI=1S/C10H17NO2/c1-9(2,3)10(4)6-5-7(12)11-8(10)13/h5-6H2,1-4H3,(H,11,12,13). The van der Waals surface area contributed by atoms with Crippen molar-refractivity contribution in [2.75, 3.05) is 0 Å². The fourth-order valence-electron chi connectivity index (χ4n) is 1.52. The lowest BCUT2D eigenvalue weighted by atomic mass is 9.63. The van der Waals surface area contributed by atoms with E-state index in [1.165, 1.54) is 0 Å². The van der Waals surface area contributed by atoms with Crippen LogP contribution in [0.1, 0.15) is 40.5 Å². The van der Waals surface area contributed by atoms with Crippen LogP contribution in [0.5, 0.6) is 0 Å². The first-order chi connectivity index (χ1) is 5.77. The molecule has 1 heterocycles. The maximum atomic E-state index is 11.6. The summed E-state index contributed by atoms with van der Waals surface area (Å²) in [6, 6.07) is 0. The molecular formula is C10H17NO2. The molecule has 3 heteroatoms. The molecular weight excluding hydrogens is 166 g/mol. The van der Waals surface area contributed by atoms with Gasteiger partial charge < -0.3 is 0 Å². The van der Waals surface area contributed by atoms with E-state index in [-0.39, 0.29) is 17.2 Å². The molecule has 1 aliphatic heterocycles. The van der Waals surface area contributed by atoms with Crippen molar-refractivity contribution in [2.45, 2.75) is 40.5 Å². The van der Waals surface area contributed by atoms with Crippen LogP contribution in [-0.2, 0) is 9.59 Å². The zero-order chi connectivity index (χ0) is 10.3. The smallest absolute Gasteiger partial charge is 0.233 e. The zero-order valence-corrected chi connectivity index (χ0v) is 8.73. The summed E-state index contributed by atoms with van der Waals surface area (Å²) in [4.78, 5) is 22.6. The second kappa shape index (κ2) is 2.82. The summed E-state index contributed by atoms with van der Waals surface area (Å²) < 4.78 is 0. The number of imide groups is 1. The first-order valence-electron chi connectivity index (χ1n) is 4.62. The number of hydrogen-bond acceptors (Lipinski definition) is 2. The van der Waals surface area contributed by atoms with E-state index in [0.29, 0.717) is 12.8 Å². The van der Waals surface area contributed by atoms with Crippen molar-refractivity contribution in [1.82, 2.24) is 5.32 Å². The highest BCUT2D eigenvalue weighted by Crippen LogP contribution is 2.43. The van der Waals surface area contributed by atoms with Gasteiger partial charge in [-0.1, -0.05) is 27.7 Å². The van der Waals surface area contributed by atoms with E-state index in [2.05, 4.69) is 5.32 Å². The van der Waals surface area contributed by atoms with Crippen molar-refractivity contribution in [3.05, 3.63) is 0 Å². The van der Waals surface area contributed by atoms with Gasteiger partial charge in [0.05, 0.1) is 5.41 Å². The Morgan fingerprint density at radius 2 is 1.85 bits per heavy atom. The quantitative estimate of drug-likeness (QED) is 0.578. The van der Waals surface area contributed by atoms with Gasteiger partial charge in [-0.15, -0.1) is 0 Å². The molecule has 1 saturated heterocycles. The topological polar surface area (TPSA) is 46.2 Å². The molecule has 0 spiro atoms. The summed E-state index contributed by atoms with van der Waals surface area (Å²) in [5.74, 6) is -0.275. The van der Waals surface area contributed by atoms with Crippen LogP contribution in [0.2, 0.25) is 0 Å². The molecule has 2 amide bonds. The van der Waals surface area contributed by atoms with Gasteiger partial charge in [-0.3, -0.25) is 14.9 Å². The molecule has 0 aromatic carbocycles. The monoisotopic (exact) mass is 183 g/mol. The largest absolute Gasteiger partial charge is 0.296 e. The van der Waals surface area contributed by atoms with Crippen LogP contribution >= 0.6 is 0 Å². The number of piperidine rings is 1. The van der Waals surface area contributed by atoms with Crippen LogP contribution in [0, 0.1) is 10.8 Å². The lowest BCUT2D eigenvalue weighted by Crippen LogP contribution is -2.53. The maximum absolute atomic E-state index is 11.6. The molecule has 1 unspecified atom stereocenters. The highest BCUT2D eigenvalue weighted by molar-refractivity contribution is 6.00. The molecule has 0 bridgehead atoms. The highest BCUT2D eigenvalue weighted by Gasteiger charge is 2.46. The molecule has 0 saturated carbocycles. The normalized spacial score (nSPS) is 30.2. The first kappa shape index (κ1) is 10.2. The summed E-state index contributed by atoms with van der Waals surface area (Å²) in [5.41, 5.74) is -0.515. The highest BCUT2D eigenvalue weighted by atomic mass is 16.2. The second-order valence-corrected chi connectivity index (χ2v) is 4.96. The van der Waals surface area contributed by atoms with Crippen LogP contribution in [0.15, 0.2) is 0 Å². The Labute approximate surface area is 78.9 Å². The van der Waals surface area contributed by atoms with Crippen LogP contribution in [-0.4, -0.2) is 11.8 Å². The van der Waals surface area contributed by atoms with Crippen molar-refractivity contribution >= 4 is 11.8 Å². The lowest BCUT2D eigenvalue weighted by Gasteiger charge is -2.42. The zero-order valence-electron chi connectivity index (χ0n) is 8.73. The third-order valence-electron chi connectivity index (χ3n) is 3.26. The van der Waals surface area contributed by atoms with Crippen molar-refractivity contribution in [1.29, 1.82) is 0 Å². The molecule has 0 aromatic heterocycles. The minimum absolute atomic E-state index is 0.0994. The van der Waals surface area contributed by atoms with Crippen LogP contribution in [0.3, 0.4) is 0 Å². The molecule has 1 atom stereocenters. The molecule has 1 aliphatic rings. The van der Waals surface area contributed by atoms with Gasteiger partial charge in [-0.25, -0.2) is 0 Å². The Balaban J connectivity index is 2.92. The Morgan fingerprint density at radius 3 is 2.23 bits per heavy atom. The van der Waals surface area contributed by atoms with Gasteiger partial charge in [0, 0.05) is 6.42 Å². The maximum Gasteiger partial charge on any atom is 0.233 e. The summed E-state index contributed by atoms with van der Waals surface area (Å²) in [6.45, 7) is 8.02. The minimum atomic E-state index is -0.416. The number of carbonyl (C=O) groups excluding carboxylic acids is 2. The second-order valence-electron chi connectivity index (χ2n) is 4.96. The summed E-state index contributed by atoms with van der Waals surface area (Å²) in [5, 5.41) is 2.40. The molecule has 0 radical (unpaired) electrons. The number of hydrogen-bond donors (Lipinski definition) is 1. The van der Waals surface area contributed by atoms with Crippen LogP contribution < -0.4 is 5.32 Å². The third kappa shape index (κ3) is 1.60. The van der Waals surface area contributed by atoms with Crippen molar-refractivity contribution in [2.24, 2.45) is 10.8 Å². The van der Waals surface area contributed by atoms with Crippen LogP contribution in [0.25, 0.3) is 0 Å². The predicted molar refractivity (Wildman–Crippen MR) is 49.9 cm³/mol. The summed E-state index contributed by atoms with van der Waals surface area (Å²) >= 11 is 0.